The fourth-order valence-electron chi connectivity index (χ4n) is 2.41. The van der Waals surface area contributed by atoms with Gasteiger partial charge in [-0.3, -0.25) is 0 Å². The van der Waals surface area contributed by atoms with Gasteiger partial charge in [0.25, 0.3) is 0 Å². The van der Waals surface area contributed by atoms with Crippen molar-refractivity contribution in [2.45, 2.75) is 19.4 Å². The summed E-state index contributed by atoms with van der Waals surface area (Å²) in [7, 11) is 6.48. The molecular weight excluding hydrogens is 214 g/mol. The monoisotopic (exact) mass is 243 g/mol. The Kier molecular flexibility index (Phi) is 7.04. The minimum absolute atomic E-state index is 0.552. The number of likely N-dealkylation sites (N-methyl/N-ethyl adjacent to an activating group) is 1. The number of ether oxygens (including phenoxy) is 1. The predicted molar refractivity (Wildman–Crippen MR) is 72.4 cm³/mol. The predicted octanol–water partition coefficient (Wildman–Crippen LogP) is 0.494. The standard InChI is InChI=1S/C13H29N3O/c1-5-14-13-11-17-10-12(13)9-16(4)8-6-7-15(2)3/h12-14H,5-11H2,1-4H3. The first kappa shape index (κ1) is 14.9. The second kappa shape index (κ2) is 8.03. The maximum atomic E-state index is 5.57. The van der Waals surface area contributed by atoms with Crippen LogP contribution in [0.2, 0.25) is 0 Å². The largest absolute Gasteiger partial charge is 0.379 e. The van der Waals surface area contributed by atoms with E-state index < -0.39 is 0 Å². The van der Waals surface area contributed by atoms with E-state index in [4.69, 9.17) is 4.74 Å². The fourth-order valence-corrected chi connectivity index (χ4v) is 2.41. The Hall–Kier alpha value is -0.160. The summed E-state index contributed by atoms with van der Waals surface area (Å²) >= 11 is 0. The Bertz CT molecular complexity index is 199. The van der Waals surface area contributed by atoms with E-state index >= 15 is 0 Å². The first-order valence-corrected chi connectivity index (χ1v) is 6.78. The molecule has 0 aromatic rings. The fraction of sp³-hybridized carbons (Fsp3) is 1.00. The second-order valence-corrected chi connectivity index (χ2v) is 5.38. The van der Waals surface area contributed by atoms with E-state index in [9.17, 15) is 0 Å². The molecule has 2 atom stereocenters. The van der Waals surface area contributed by atoms with Gasteiger partial charge in [-0.05, 0) is 47.2 Å². The lowest BCUT2D eigenvalue weighted by Gasteiger charge is -2.25. The van der Waals surface area contributed by atoms with Crippen molar-refractivity contribution in [3.8, 4) is 0 Å². The van der Waals surface area contributed by atoms with Gasteiger partial charge < -0.3 is 19.9 Å². The highest BCUT2D eigenvalue weighted by Crippen LogP contribution is 2.14. The number of hydrogen-bond acceptors (Lipinski definition) is 4. The van der Waals surface area contributed by atoms with Crippen molar-refractivity contribution < 1.29 is 4.74 Å². The minimum Gasteiger partial charge on any atom is -0.379 e. The number of nitrogens with one attached hydrogen (secondary N) is 1. The summed E-state index contributed by atoms with van der Waals surface area (Å²) in [6.07, 6.45) is 1.24. The maximum Gasteiger partial charge on any atom is 0.0623 e. The molecule has 0 aromatic heterocycles. The molecule has 2 unspecified atom stereocenters. The number of rotatable bonds is 8. The zero-order valence-electron chi connectivity index (χ0n) is 11.9. The maximum absolute atomic E-state index is 5.57. The van der Waals surface area contributed by atoms with Crippen molar-refractivity contribution in [3.63, 3.8) is 0 Å². The van der Waals surface area contributed by atoms with Gasteiger partial charge in [-0.15, -0.1) is 0 Å². The van der Waals surface area contributed by atoms with E-state index in [2.05, 4.69) is 43.2 Å². The zero-order chi connectivity index (χ0) is 12.7. The summed E-state index contributed by atoms with van der Waals surface area (Å²) < 4.78 is 5.57. The van der Waals surface area contributed by atoms with Gasteiger partial charge in [0.1, 0.15) is 0 Å². The van der Waals surface area contributed by atoms with Crippen LogP contribution < -0.4 is 5.32 Å². The molecule has 1 rings (SSSR count). The molecule has 0 spiro atoms. The average molecular weight is 243 g/mol. The highest BCUT2D eigenvalue weighted by Gasteiger charge is 2.27. The lowest BCUT2D eigenvalue weighted by atomic mass is 10.0. The van der Waals surface area contributed by atoms with Gasteiger partial charge in [0.2, 0.25) is 0 Å². The lowest BCUT2D eigenvalue weighted by Crippen LogP contribution is -2.41. The summed E-state index contributed by atoms with van der Waals surface area (Å²) in [5.41, 5.74) is 0. The number of nitrogens with zero attached hydrogens (tertiary/aromatic N) is 2. The van der Waals surface area contributed by atoms with Crippen LogP contribution in [0.5, 0.6) is 0 Å². The highest BCUT2D eigenvalue weighted by atomic mass is 16.5. The smallest absolute Gasteiger partial charge is 0.0623 e. The normalized spacial score (nSPS) is 25.1. The third kappa shape index (κ3) is 5.82. The summed E-state index contributed by atoms with van der Waals surface area (Å²) in [6.45, 7) is 8.48. The van der Waals surface area contributed by atoms with Gasteiger partial charge in [-0.25, -0.2) is 0 Å². The molecule has 0 saturated carbocycles. The van der Waals surface area contributed by atoms with Crippen LogP contribution in [0.1, 0.15) is 13.3 Å². The minimum atomic E-state index is 0.552. The molecule has 0 aliphatic carbocycles. The molecule has 1 fully saturated rings. The van der Waals surface area contributed by atoms with Gasteiger partial charge in [0, 0.05) is 18.5 Å². The van der Waals surface area contributed by atoms with E-state index in [1.54, 1.807) is 0 Å². The van der Waals surface area contributed by atoms with E-state index in [1.165, 1.54) is 19.5 Å². The Morgan fingerprint density at radius 3 is 2.59 bits per heavy atom. The average Bonchev–Trinajstić information content (AvgIpc) is 2.66. The van der Waals surface area contributed by atoms with Gasteiger partial charge in [-0.1, -0.05) is 6.92 Å². The van der Waals surface area contributed by atoms with Crippen LogP contribution in [0.25, 0.3) is 0 Å². The van der Waals surface area contributed by atoms with Gasteiger partial charge in [0.15, 0.2) is 0 Å². The molecule has 4 nitrogen and oxygen atoms in total. The quantitative estimate of drug-likeness (QED) is 0.672. The Balaban J connectivity index is 2.18. The molecular formula is C13H29N3O. The van der Waals surface area contributed by atoms with Crippen molar-refractivity contribution in [2.75, 3.05) is 60.5 Å². The third-order valence-corrected chi connectivity index (χ3v) is 3.36. The van der Waals surface area contributed by atoms with Gasteiger partial charge in [0.05, 0.1) is 13.2 Å². The summed E-state index contributed by atoms with van der Waals surface area (Å²) in [5, 5.41) is 3.51. The van der Waals surface area contributed by atoms with Crippen molar-refractivity contribution in [1.29, 1.82) is 0 Å². The van der Waals surface area contributed by atoms with Crippen LogP contribution in [0.4, 0.5) is 0 Å². The van der Waals surface area contributed by atoms with Crippen molar-refractivity contribution in [2.24, 2.45) is 5.92 Å². The molecule has 0 bridgehead atoms. The van der Waals surface area contributed by atoms with Crippen LogP contribution in [0.15, 0.2) is 0 Å². The van der Waals surface area contributed by atoms with E-state index in [0.29, 0.717) is 12.0 Å². The van der Waals surface area contributed by atoms with E-state index in [0.717, 1.165) is 26.3 Å². The first-order chi connectivity index (χ1) is 8.13. The van der Waals surface area contributed by atoms with Crippen molar-refractivity contribution >= 4 is 0 Å². The summed E-state index contributed by atoms with van der Waals surface area (Å²) in [4.78, 5) is 4.68. The number of hydrogen-bond donors (Lipinski definition) is 1. The molecule has 1 aliphatic rings. The van der Waals surface area contributed by atoms with Crippen LogP contribution >= 0.6 is 0 Å². The third-order valence-electron chi connectivity index (χ3n) is 3.36. The molecule has 1 saturated heterocycles. The Morgan fingerprint density at radius 2 is 1.94 bits per heavy atom. The molecule has 1 N–H and O–H groups in total. The molecule has 102 valence electrons. The molecule has 0 aromatic carbocycles. The second-order valence-electron chi connectivity index (χ2n) is 5.38. The van der Waals surface area contributed by atoms with Crippen LogP contribution in [0.3, 0.4) is 0 Å². The van der Waals surface area contributed by atoms with Crippen molar-refractivity contribution in [3.05, 3.63) is 0 Å². The summed E-state index contributed by atoms with van der Waals surface area (Å²) in [6, 6.07) is 0.552. The molecule has 0 amide bonds. The van der Waals surface area contributed by atoms with Crippen LogP contribution in [-0.2, 0) is 4.74 Å². The molecule has 1 heterocycles. The Morgan fingerprint density at radius 1 is 1.18 bits per heavy atom. The van der Waals surface area contributed by atoms with Crippen LogP contribution in [0, 0.1) is 5.92 Å². The highest BCUT2D eigenvalue weighted by molar-refractivity contribution is 4.82. The van der Waals surface area contributed by atoms with Gasteiger partial charge >= 0.3 is 0 Å². The lowest BCUT2D eigenvalue weighted by molar-refractivity contribution is 0.172. The molecule has 17 heavy (non-hydrogen) atoms. The first-order valence-electron chi connectivity index (χ1n) is 6.78. The molecule has 1 aliphatic heterocycles. The molecule has 0 radical (unpaired) electrons. The zero-order valence-corrected chi connectivity index (χ0v) is 11.9. The SMILES string of the molecule is CCNC1COCC1CN(C)CCCN(C)C. The topological polar surface area (TPSA) is 27.7 Å². The van der Waals surface area contributed by atoms with Crippen molar-refractivity contribution in [1.82, 2.24) is 15.1 Å². The van der Waals surface area contributed by atoms with Crippen LogP contribution in [-0.4, -0.2) is 76.4 Å². The van der Waals surface area contributed by atoms with E-state index in [1.807, 2.05) is 0 Å². The van der Waals surface area contributed by atoms with Gasteiger partial charge in [-0.2, -0.15) is 0 Å². The molecule has 4 heteroatoms. The summed E-state index contributed by atoms with van der Waals surface area (Å²) in [5.74, 6) is 0.652. The Labute approximate surface area is 106 Å². The van der Waals surface area contributed by atoms with E-state index in [-0.39, 0.29) is 0 Å².